The molecule has 0 bridgehead atoms. The van der Waals surface area contributed by atoms with E-state index >= 15 is 0 Å². The Hall–Kier alpha value is -3.21. The van der Waals surface area contributed by atoms with Gasteiger partial charge in [0.1, 0.15) is 5.75 Å². The normalized spacial score (nSPS) is 23.6. The van der Waals surface area contributed by atoms with Crippen molar-refractivity contribution in [3.05, 3.63) is 72.3 Å². The lowest BCUT2D eigenvalue weighted by Gasteiger charge is -2.22. The van der Waals surface area contributed by atoms with E-state index in [1.165, 1.54) is 4.90 Å². The minimum absolute atomic E-state index is 0.0619. The predicted molar refractivity (Wildman–Crippen MR) is 105 cm³/mol. The number of fused-ring (bicyclic) bond motifs is 1. The van der Waals surface area contributed by atoms with E-state index in [1.54, 1.807) is 48.5 Å². The molecule has 1 aliphatic carbocycles. The Morgan fingerprint density at radius 3 is 2.43 bits per heavy atom. The first-order valence-electron chi connectivity index (χ1n) is 9.42. The van der Waals surface area contributed by atoms with Crippen molar-refractivity contribution in [1.82, 2.24) is 0 Å². The molecule has 1 saturated heterocycles. The molecule has 3 atom stereocenters. The van der Waals surface area contributed by atoms with E-state index in [4.69, 9.17) is 4.74 Å². The van der Waals surface area contributed by atoms with Gasteiger partial charge in [-0.1, -0.05) is 49.4 Å². The average molecular weight is 375 g/mol. The smallest absolute Gasteiger partial charge is 0.238 e. The van der Waals surface area contributed by atoms with Crippen LogP contribution in [0.4, 0.5) is 5.69 Å². The monoisotopic (exact) mass is 375 g/mol. The summed E-state index contributed by atoms with van der Waals surface area (Å²) in [6.07, 6.45) is 4.61. The fourth-order valence-electron chi connectivity index (χ4n) is 3.95. The Morgan fingerprint density at radius 2 is 1.75 bits per heavy atom. The molecule has 1 fully saturated rings. The molecular weight excluding hydrogens is 354 g/mol. The van der Waals surface area contributed by atoms with Gasteiger partial charge in [0.2, 0.25) is 11.8 Å². The van der Waals surface area contributed by atoms with E-state index in [0.29, 0.717) is 23.4 Å². The number of carbonyl (C=O) groups is 3. The second-order valence-electron chi connectivity index (χ2n) is 7.24. The molecule has 2 amide bonds. The Kier molecular flexibility index (Phi) is 4.82. The molecule has 2 aliphatic rings. The fraction of sp³-hybridized carbons (Fsp3) is 0.261. The van der Waals surface area contributed by atoms with Gasteiger partial charge in [0, 0.05) is 5.56 Å². The summed E-state index contributed by atoms with van der Waals surface area (Å²) in [7, 11) is 0. The number of amides is 2. The van der Waals surface area contributed by atoms with E-state index in [0.717, 1.165) is 0 Å². The molecule has 1 aliphatic heterocycles. The minimum atomic E-state index is -0.281. The maximum atomic E-state index is 12.8. The highest BCUT2D eigenvalue weighted by Gasteiger charge is 2.50. The third-order valence-electron chi connectivity index (χ3n) is 5.43. The highest BCUT2D eigenvalue weighted by atomic mass is 16.5. The molecule has 2 aromatic carbocycles. The van der Waals surface area contributed by atoms with Crippen LogP contribution in [0.15, 0.2) is 66.7 Å². The average Bonchev–Trinajstić information content (AvgIpc) is 2.98. The van der Waals surface area contributed by atoms with Crippen LogP contribution in [0, 0.1) is 17.8 Å². The Labute approximate surface area is 163 Å². The number of benzene rings is 2. The third kappa shape index (κ3) is 3.24. The van der Waals surface area contributed by atoms with Gasteiger partial charge in [-0.3, -0.25) is 19.3 Å². The van der Waals surface area contributed by atoms with Crippen LogP contribution in [-0.2, 0) is 9.59 Å². The fourth-order valence-corrected chi connectivity index (χ4v) is 3.95. The first-order chi connectivity index (χ1) is 13.6. The number of imide groups is 1. The zero-order chi connectivity index (χ0) is 19.7. The van der Waals surface area contributed by atoms with Crippen LogP contribution >= 0.6 is 0 Å². The summed E-state index contributed by atoms with van der Waals surface area (Å²) < 4.78 is 5.56. The van der Waals surface area contributed by atoms with Crippen molar-refractivity contribution >= 4 is 23.3 Å². The van der Waals surface area contributed by atoms with Gasteiger partial charge in [-0.2, -0.15) is 0 Å². The van der Waals surface area contributed by atoms with Crippen molar-refractivity contribution in [2.24, 2.45) is 17.8 Å². The lowest BCUT2D eigenvalue weighted by Crippen LogP contribution is -2.31. The number of hydrogen-bond donors (Lipinski definition) is 0. The second kappa shape index (κ2) is 7.43. The van der Waals surface area contributed by atoms with E-state index in [1.807, 2.05) is 25.1 Å². The predicted octanol–water partition coefficient (Wildman–Crippen LogP) is 3.65. The van der Waals surface area contributed by atoms with Crippen molar-refractivity contribution in [3.8, 4) is 5.75 Å². The van der Waals surface area contributed by atoms with Crippen LogP contribution in [0.25, 0.3) is 0 Å². The molecular formula is C23H21NO4. The van der Waals surface area contributed by atoms with Gasteiger partial charge >= 0.3 is 0 Å². The minimum Gasteiger partial charge on any atom is -0.485 e. The van der Waals surface area contributed by atoms with Crippen molar-refractivity contribution in [2.75, 3.05) is 11.5 Å². The van der Waals surface area contributed by atoms with E-state index in [2.05, 4.69) is 0 Å². The number of rotatable bonds is 5. The number of Topliss-reactive ketones (excluding diaryl/α,β-unsaturated/α-hetero) is 1. The summed E-state index contributed by atoms with van der Waals surface area (Å²) in [4.78, 5) is 39.0. The van der Waals surface area contributed by atoms with Gasteiger partial charge in [0.05, 0.1) is 17.5 Å². The first-order valence-corrected chi connectivity index (χ1v) is 9.42. The second-order valence-corrected chi connectivity index (χ2v) is 7.24. The number of nitrogens with zero attached hydrogens (tertiary/aromatic N) is 1. The van der Waals surface area contributed by atoms with Crippen LogP contribution in [-0.4, -0.2) is 24.2 Å². The van der Waals surface area contributed by atoms with Gasteiger partial charge < -0.3 is 4.74 Å². The first kappa shape index (κ1) is 18.2. The van der Waals surface area contributed by atoms with Gasteiger partial charge in [-0.15, -0.1) is 0 Å². The number of allylic oxidation sites excluding steroid dienone is 2. The van der Waals surface area contributed by atoms with Gasteiger partial charge in [-0.05, 0) is 36.6 Å². The van der Waals surface area contributed by atoms with E-state index in [9.17, 15) is 14.4 Å². The Morgan fingerprint density at radius 1 is 1.04 bits per heavy atom. The molecule has 5 heteroatoms. The molecule has 0 radical (unpaired) electrons. The summed E-state index contributed by atoms with van der Waals surface area (Å²) in [5.74, 6) is -0.366. The van der Waals surface area contributed by atoms with Crippen LogP contribution in [0.2, 0.25) is 0 Å². The number of anilines is 1. The summed E-state index contributed by atoms with van der Waals surface area (Å²) in [5.41, 5.74) is 1.14. The molecule has 2 aromatic rings. The number of ketones is 1. The number of hydrogen-bond acceptors (Lipinski definition) is 4. The van der Waals surface area contributed by atoms with Crippen LogP contribution < -0.4 is 9.64 Å². The summed E-state index contributed by atoms with van der Waals surface area (Å²) in [6.45, 7) is 1.90. The van der Waals surface area contributed by atoms with Crippen molar-refractivity contribution < 1.29 is 19.1 Å². The zero-order valence-corrected chi connectivity index (χ0v) is 15.6. The van der Waals surface area contributed by atoms with Crippen molar-refractivity contribution in [2.45, 2.75) is 13.3 Å². The summed E-state index contributed by atoms with van der Waals surface area (Å²) >= 11 is 0. The van der Waals surface area contributed by atoms with E-state index < -0.39 is 0 Å². The van der Waals surface area contributed by atoms with Gasteiger partial charge in [0.15, 0.2) is 12.4 Å². The Bertz CT molecular complexity index is 933. The lowest BCUT2D eigenvalue weighted by molar-refractivity contribution is -0.122. The van der Waals surface area contributed by atoms with Crippen LogP contribution in [0.3, 0.4) is 0 Å². The van der Waals surface area contributed by atoms with Crippen LogP contribution in [0.1, 0.15) is 23.7 Å². The highest BCUT2D eigenvalue weighted by molar-refractivity contribution is 6.22. The standard InChI is InChI=1S/C23H21NO4/c1-15-6-5-9-19-21(15)23(27)24(22(19)26)17-10-12-18(13-11-17)28-14-20(25)16-7-3-2-4-8-16/h2-8,10-13,15,19,21H,9,14H2,1H3/t15-,19+,21+/m1/s1. The zero-order valence-electron chi connectivity index (χ0n) is 15.6. The molecule has 5 nitrogen and oxygen atoms in total. The molecule has 0 saturated carbocycles. The molecule has 4 rings (SSSR count). The van der Waals surface area contributed by atoms with Crippen molar-refractivity contribution in [1.29, 1.82) is 0 Å². The van der Waals surface area contributed by atoms with Gasteiger partial charge in [0.25, 0.3) is 0 Å². The topological polar surface area (TPSA) is 63.7 Å². The molecule has 0 unspecified atom stereocenters. The van der Waals surface area contributed by atoms with Crippen molar-refractivity contribution in [3.63, 3.8) is 0 Å². The molecule has 0 aromatic heterocycles. The third-order valence-corrected chi connectivity index (χ3v) is 5.43. The maximum Gasteiger partial charge on any atom is 0.238 e. The quantitative estimate of drug-likeness (QED) is 0.455. The molecule has 28 heavy (non-hydrogen) atoms. The molecule has 0 spiro atoms. The maximum absolute atomic E-state index is 12.8. The number of carbonyl (C=O) groups excluding carboxylic acids is 3. The molecule has 142 valence electrons. The Balaban J connectivity index is 1.44. The largest absolute Gasteiger partial charge is 0.485 e. The molecule has 1 heterocycles. The lowest BCUT2D eigenvalue weighted by atomic mass is 9.78. The van der Waals surface area contributed by atoms with E-state index in [-0.39, 0.29) is 42.0 Å². The SMILES string of the molecule is C[C@@H]1C=CC[C@@H]2C(=O)N(c3ccc(OCC(=O)c4ccccc4)cc3)C(=O)[C@@H]12. The number of ether oxygens (including phenoxy) is 1. The summed E-state index contributed by atoms with van der Waals surface area (Å²) in [6, 6.07) is 15.7. The van der Waals surface area contributed by atoms with Gasteiger partial charge in [-0.25, -0.2) is 0 Å². The molecule has 0 N–H and O–H groups in total. The van der Waals surface area contributed by atoms with Crippen LogP contribution in [0.5, 0.6) is 5.75 Å². The highest BCUT2D eigenvalue weighted by Crippen LogP contribution is 2.40. The summed E-state index contributed by atoms with van der Waals surface area (Å²) in [5, 5.41) is 0.